The topological polar surface area (TPSA) is 15.3 Å². The smallest absolute Gasteiger partial charge is 0.0247 e. The van der Waals surface area contributed by atoms with Crippen LogP contribution < -0.4 is 5.32 Å². The quantitative estimate of drug-likeness (QED) is 0.907. The minimum Gasteiger partial charge on any atom is -0.311 e. The molecule has 1 aliphatic rings. The summed E-state index contributed by atoms with van der Waals surface area (Å²) in [6.45, 7) is 15.0. The Labute approximate surface area is 124 Å². The van der Waals surface area contributed by atoms with Crippen molar-refractivity contribution in [3.63, 3.8) is 0 Å². The lowest BCUT2D eigenvalue weighted by molar-refractivity contribution is 0.0572. The van der Waals surface area contributed by atoms with Gasteiger partial charge in [-0.15, -0.1) is 0 Å². The zero-order valence-electron chi connectivity index (χ0n) is 13.7. The van der Waals surface area contributed by atoms with Crippen molar-refractivity contribution >= 4 is 0 Å². The number of nitrogens with one attached hydrogen (secondary N) is 1. The Morgan fingerprint density at radius 2 is 1.85 bits per heavy atom. The first-order valence-corrected chi connectivity index (χ1v) is 7.89. The largest absolute Gasteiger partial charge is 0.311 e. The lowest BCUT2D eigenvalue weighted by Gasteiger charge is -2.46. The van der Waals surface area contributed by atoms with Crippen molar-refractivity contribution in [2.24, 2.45) is 11.3 Å². The van der Waals surface area contributed by atoms with Gasteiger partial charge in [-0.25, -0.2) is 0 Å². The second kappa shape index (κ2) is 6.28. The van der Waals surface area contributed by atoms with E-state index < -0.39 is 0 Å². The Morgan fingerprint density at radius 1 is 1.20 bits per heavy atom. The second-order valence-electron chi connectivity index (χ2n) is 7.55. The van der Waals surface area contributed by atoms with Crippen LogP contribution in [0, 0.1) is 11.3 Å². The molecular formula is C18H30N2. The summed E-state index contributed by atoms with van der Waals surface area (Å²) in [4.78, 5) is 2.67. The van der Waals surface area contributed by atoms with Crippen LogP contribution >= 0.6 is 0 Å². The highest BCUT2D eigenvalue weighted by molar-refractivity contribution is 5.15. The summed E-state index contributed by atoms with van der Waals surface area (Å²) in [5.74, 6) is 0.687. The van der Waals surface area contributed by atoms with E-state index in [-0.39, 0.29) is 0 Å². The fourth-order valence-corrected chi connectivity index (χ4v) is 3.06. The third-order valence-electron chi connectivity index (χ3n) is 4.50. The Morgan fingerprint density at radius 3 is 2.40 bits per heavy atom. The summed E-state index contributed by atoms with van der Waals surface area (Å²) in [6, 6.07) is 12.1. The van der Waals surface area contributed by atoms with E-state index >= 15 is 0 Å². The molecule has 1 aromatic carbocycles. The van der Waals surface area contributed by atoms with E-state index in [1.807, 2.05) is 0 Å². The van der Waals surface area contributed by atoms with Crippen LogP contribution in [-0.2, 0) is 6.54 Å². The van der Waals surface area contributed by atoms with Gasteiger partial charge in [0, 0.05) is 31.7 Å². The molecule has 1 saturated heterocycles. The van der Waals surface area contributed by atoms with Crippen molar-refractivity contribution in [1.82, 2.24) is 10.2 Å². The monoisotopic (exact) mass is 274 g/mol. The molecule has 0 aliphatic carbocycles. The summed E-state index contributed by atoms with van der Waals surface area (Å²) in [6.07, 6.45) is 0. The van der Waals surface area contributed by atoms with Crippen LogP contribution in [0.3, 0.4) is 0 Å². The molecule has 2 unspecified atom stereocenters. The summed E-state index contributed by atoms with van der Waals surface area (Å²) in [5, 5.41) is 3.76. The van der Waals surface area contributed by atoms with E-state index in [9.17, 15) is 0 Å². The molecule has 1 N–H and O–H groups in total. The first-order chi connectivity index (χ1) is 9.38. The molecule has 0 bridgehead atoms. The van der Waals surface area contributed by atoms with E-state index in [0.29, 0.717) is 23.4 Å². The van der Waals surface area contributed by atoms with Gasteiger partial charge in [-0.05, 0) is 16.9 Å². The van der Waals surface area contributed by atoms with Gasteiger partial charge < -0.3 is 5.32 Å². The molecule has 2 rings (SSSR count). The van der Waals surface area contributed by atoms with Gasteiger partial charge in [0.2, 0.25) is 0 Å². The maximum absolute atomic E-state index is 3.76. The number of nitrogens with zero attached hydrogens (tertiary/aromatic N) is 1. The molecule has 20 heavy (non-hydrogen) atoms. The third-order valence-corrected chi connectivity index (χ3v) is 4.50. The van der Waals surface area contributed by atoms with Crippen molar-refractivity contribution < 1.29 is 0 Å². The van der Waals surface area contributed by atoms with E-state index in [1.165, 1.54) is 5.56 Å². The van der Waals surface area contributed by atoms with Gasteiger partial charge in [-0.1, -0.05) is 65.0 Å². The average molecular weight is 274 g/mol. The minimum atomic E-state index is 0.316. The van der Waals surface area contributed by atoms with Crippen molar-refractivity contribution in [3.8, 4) is 0 Å². The molecule has 1 heterocycles. The van der Waals surface area contributed by atoms with Crippen LogP contribution in [0.15, 0.2) is 30.3 Å². The summed E-state index contributed by atoms with van der Waals surface area (Å²) in [7, 11) is 0. The molecule has 112 valence electrons. The molecule has 2 heteroatoms. The Bertz CT molecular complexity index is 405. The number of hydrogen-bond donors (Lipinski definition) is 1. The minimum absolute atomic E-state index is 0.316. The molecule has 1 aromatic rings. The molecule has 1 aliphatic heterocycles. The first kappa shape index (κ1) is 15.5. The van der Waals surface area contributed by atoms with Gasteiger partial charge in [0.25, 0.3) is 0 Å². The fourth-order valence-electron chi connectivity index (χ4n) is 3.06. The van der Waals surface area contributed by atoms with Crippen molar-refractivity contribution in [3.05, 3.63) is 35.9 Å². The van der Waals surface area contributed by atoms with E-state index in [2.05, 4.69) is 75.2 Å². The van der Waals surface area contributed by atoms with Gasteiger partial charge in [0.1, 0.15) is 0 Å². The Balaban J connectivity index is 2.11. The predicted octanol–water partition coefficient (Wildman–Crippen LogP) is 3.53. The molecule has 0 amide bonds. The van der Waals surface area contributed by atoms with Crippen molar-refractivity contribution in [1.29, 1.82) is 0 Å². The van der Waals surface area contributed by atoms with Crippen LogP contribution in [0.2, 0.25) is 0 Å². The van der Waals surface area contributed by atoms with Crippen molar-refractivity contribution in [2.75, 3.05) is 13.1 Å². The number of benzene rings is 1. The first-order valence-electron chi connectivity index (χ1n) is 7.89. The zero-order chi connectivity index (χ0) is 14.8. The maximum Gasteiger partial charge on any atom is 0.0247 e. The highest BCUT2D eigenvalue weighted by atomic mass is 15.2. The number of rotatable bonds is 3. The number of hydrogen-bond acceptors (Lipinski definition) is 2. The molecule has 2 nitrogen and oxygen atoms in total. The SMILES string of the molecule is CC(C)C1CNC(C(C)(C)C)CN1Cc1ccccc1. The van der Waals surface area contributed by atoms with Crippen LogP contribution in [0.1, 0.15) is 40.2 Å². The highest BCUT2D eigenvalue weighted by Gasteiger charge is 2.34. The highest BCUT2D eigenvalue weighted by Crippen LogP contribution is 2.26. The summed E-state index contributed by atoms with van der Waals surface area (Å²) < 4.78 is 0. The molecule has 0 radical (unpaired) electrons. The molecule has 0 spiro atoms. The molecular weight excluding hydrogens is 244 g/mol. The summed E-state index contributed by atoms with van der Waals surface area (Å²) in [5.41, 5.74) is 1.74. The molecule has 1 fully saturated rings. The van der Waals surface area contributed by atoms with Gasteiger partial charge in [-0.3, -0.25) is 4.90 Å². The molecule has 0 saturated carbocycles. The van der Waals surface area contributed by atoms with Gasteiger partial charge in [0.15, 0.2) is 0 Å². The fraction of sp³-hybridized carbons (Fsp3) is 0.667. The third kappa shape index (κ3) is 3.83. The van der Waals surface area contributed by atoms with E-state index in [4.69, 9.17) is 0 Å². The Hall–Kier alpha value is -0.860. The van der Waals surface area contributed by atoms with E-state index in [0.717, 1.165) is 19.6 Å². The maximum atomic E-state index is 3.76. The van der Waals surface area contributed by atoms with Crippen LogP contribution in [0.4, 0.5) is 0 Å². The van der Waals surface area contributed by atoms with Crippen LogP contribution in [0.5, 0.6) is 0 Å². The molecule has 0 aromatic heterocycles. The second-order valence-corrected chi connectivity index (χ2v) is 7.55. The van der Waals surface area contributed by atoms with Crippen LogP contribution in [0.25, 0.3) is 0 Å². The average Bonchev–Trinajstić information content (AvgIpc) is 2.38. The normalized spacial score (nSPS) is 25.1. The van der Waals surface area contributed by atoms with Gasteiger partial charge in [0.05, 0.1) is 0 Å². The Kier molecular flexibility index (Phi) is 4.87. The lowest BCUT2D eigenvalue weighted by Crippen LogP contribution is -2.61. The lowest BCUT2D eigenvalue weighted by atomic mass is 9.83. The van der Waals surface area contributed by atoms with Crippen molar-refractivity contribution in [2.45, 2.75) is 53.2 Å². The zero-order valence-corrected chi connectivity index (χ0v) is 13.7. The standard InChI is InChI=1S/C18H30N2/c1-14(2)16-11-19-17(18(3,4)5)13-20(16)12-15-9-7-6-8-10-15/h6-10,14,16-17,19H,11-13H2,1-5H3. The van der Waals surface area contributed by atoms with E-state index in [1.54, 1.807) is 0 Å². The summed E-state index contributed by atoms with van der Waals surface area (Å²) >= 11 is 0. The van der Waals surface area contributed by atoms with Gasteiger partial charge >= 0.3 is 0 Å². The predicted molar refractivity (Wildman–Crippen MR) is 86.7 cm³/mol. The number of piperazine rings is 1. The molecule has 2 atom stereocenters. The van der Waals surface area contributed by atoms with Gasteiger partial charge in [-0.2, -0.15) is 0 Å². The van der Waals surface area contributed by atoms with Crippen LogP contribution in [-0.4, -0.2) is 30.1 Å².